The van der Waals surface area contributed by atoms with Crippen LogP contribution in [0.15, 0.2) is 46.3 Å². The maximum atomic E-state index is 12.7. The Labute approximate surface area is 176 Å². The number of likely N-dealkylation sites (N-methyl/N-ethyl adjacent to an activating group) is 1. The summed E-state index contributed by atoms with van der Waals surface area (Å²) in [6.07, 6.45) is 1.23. The highest BCUT2D eigenvalue weighted by atomic mass is 79.9. The maximum Gasteiger partial charge on any atom is 0.263 e. The first kappa shape index (κ1) is 20.5. The molecule has 0 aliphatic carbocycles. The van der Waals surface area contributed by atoms with Gasteiger partial charge < -0.3 is 15.1 Å². The molecule has 0 unspecified atom stereocenters. The molecule has 3 rings (SSSR count). The minimum atomic E-state index is -0.243. The van der Waals surface area contributed by atoms with Crippen molar-refractivity contribution in [3.05, 3.63) is 51.1 Å². The number of nitrogens with zero attached hydrogens (tertiary/aromatic N) is 2. The molecule has 1 N–H and O–H groups in total. The molecular weight excluding hydrogens is 442 g/mol. The van der Waals surface area contributed by atoms with Gasteiger partial charge in [-0.25, -0.2) is 0 Å². The standard InChI is InChI=1S/C20H22BrN3O3S/c1-23(13-18(25)22-16-6-3-2-5-15(16)21)19(26)14-8-10-24(11-9-14)20(27)17-7-4-12-28-17/h2-7,12,14H,8-11,13H2,1H3,(H,22,25). The SMILES string of the molecule is CN(CC(=O)Nc1ccccc1Br)C(=O)C1CCN(C(=O)c2cccs2)CC1. The van der Waals surface area contributed by atoms with E-state index in [9.17, 15) is 14.4 Å². The molecule has 0 spiro atoms. The molecule has 8 heteroatoms. The number of halogens is 1. The Morgan fingerprint density at radius 2 is 1.89 bits per heavy atom. The third-order valence-electron chi connectivity index (χ3n) is 4.77. The van der Waals surface area contributed by atoms with E-state index >= 15 is 0 Å². The summed E-state index contributed by atoms with van der Waals surface area (Å²) >= 11 is 4.82. The molecular formula is C20H22BrN3O3S. The van der Waals surface area contributed by atoms with Crippen LogP contribution in [0.2, 0.25) is 0 Å². The minimum Gasteiger partial charge on any atom is -0.338 e. The zero-order valence-electron chi connectivity index (χ0n) is 15.6. The van der Waals surface area contributed by atoms with E-state index in [4.69, 9.17) is 0 Å². The Kier molecular flexibility index (Phi) is 6.85. The Hall–Kier alpha value is -2.19. The van der Waals surface area contributed by atoms with Gasteiger partial charge in [-0.05, 0) is 52.4 Å². The van der Waals surface area contributed by atoms with E-state index in [1.807, 2.05) is 35.7 Å². The Balaban J connectivity index is 1.48. The summed E-state index contributed by atoms with van der Waals surface area (Å²) < 4.78 is 0.792. The molecule has 1 aliphatic rings. The number of thiophene rings is 1. The van der Waals surface area contributed by atoms with E-state index in [1.54, 1.807) is 18.0 Å². The molecule has 1 aromatic carbocycles. The van der Waals surface area contributed by atoms with E-state index in [0.717, 1.165) is 9.35 Å². The van der Waals surface area contributed by atoms with E-state index in [1.165, 1.54) is 16.2 Å². The maximum absolute atomic E-state index is 12.7. The van der Waals surface area contributed by atoms with Gasteiger partial charge in [-0.15, -0.1) is 11.3 Å². The highest BCUT2D eigenvalue weighted by Crippen LogP contribution is 2.23. The number of carbonyl (C=O) groups excluding carboxylic acids is 3. The number of para-hydroxylation sites is 1. The average molecular weight is 464 g/mol. The lowest BCUT2D eigenvalue weighted by Gasteiger charge is -2.32. The molecule has 28 heavy (non-hydrogen) atoms. The van der Waals surface area contributed by atoms with Gasteiger partial charge in [-0.2, -0.15) is 0 Å². The second-order valence-electron chi connectivity index (χ2n) is 6.77. The van der Waals surface area contributed by atoms with Crippen molar-refractivity contribution >= 4 is 50.7 Å². The summed E-state index contributed by atoms with van der Waals surface area (Å²) in [6, 6.07) is 11.0. The van der Waals surface area contributed by atoms with E-state index in [-0.39, 0.29) is 30.2 Å². The van der Waals surface area contributed by atoms with Gasteiger partial charge in [0, 0.05) is 30.5 Å². The van der Waals surface area contributed by atoms with E-state index in [0.29, 0.717) is 31.6 Å². The van der Waals surface area contributed by atoms with Crippen molar-refractivity contribution in [1.82, 2.24) is 9.80 Å². The Bertz CT molecular complexity index is 848. The summed E-state index contributed by atoms with van der Waals surface area (Å²) in [4.78, 5) is 41.3. The van der Waals surface area contributed by atoms with Crippen LogP contribution in [0, 0.1) is 5.92 Å². The van der Waals surface area contributed by atoms with Crippen molar-refractivity contribution < 1.29 is 14.4 Å². The van der Waals surface area contributed by atoms with Crippen LogP contribution in [-0.2, 0) is 9.59 Å². The van der Waals surface area contributed by atoms with Crippen LogP contribution >= 0.6 is 27.3 Å². The van der Waals surface area contributed by atoms with Crippen LogP contribution in [0.5, 0.6) is 0 Å². The number of anilines is 1. The van der Waals surface area contributed by atoms with Crippen LogP contribution in [0.25, 0.3) is 0 Å². The van der Waals surface area contributed by atoms with Crippen LogP contribution in [0.4, 0.5) is 5.69 Å². The summed E-state index contributed by atoms with van der Waals surface area (Å²) in [5.41, 5.74) is 0.675. The molecule has 3 amide bonds. The molecule has 1 aromatic heterocycles. The van der Waals surface area contributed by atoms with Crippen molar-refractivity contribution in [3.8, 4) is 0 Å². The minimum absolute atomic E-state index is 0.00545. The van der Waals surface area contributed by atoms with Crippen molar-refractivity contribution in [2.75, 3.05) is 32.0 Å². The van der Waals surface area contributed by atoms with Crippen LogP contribution < -0.4 is 5.32 Å². The number of nitrogens with one attached hydrogen (secondary N) is 1. The molecule has 2 heterocycles. The smallest absolute Gasteiger partial charge is 0.263 e. The van der Waals surface area contributed by atoms with Gasteiger partial charge in [0.2, 0.25) is 11.8 Å². The van der Waals surface area contributed by atoms with Crippen molar-refractivity contribution in [1.29, 1.82) is 0 Å². The second kappa shape index (κ2) is 9.34. The largest absolute Gasteiger partial charge is 0.338 e. The topological polar surface area (TPSA) is 69.7 Å². The van der Waals surface area contributed by atoms with Gasteiger partial charge >= 0.3 is 0 Å². The van der Waals surface area contributed by atoms with Gasteiger partial charge in [0.15, 0.2) is 0 Å². The number of piperidine rings is 1. The normalized spacial score (nSPS) is 14.6. The van der Waals surface area contributed by atoms with Gasteiger partial charge in [0.1, 0.15) is 0 Å². The molecule has 0 radical (unpaired) electrons. The lowest BCUT2D eigenvalue weighted by molar-refractivity contribution is -0.138. The predicted octanol–water partition coefficient (Wildman–Crippen LogP) is 3.46. The van der Waals surface area contributed by atoms with Gasteiger partial charge in [-0.1, -0.05) is 18.2 Å². The Morgan fingerprint density at radius 3 is 2.54 bits per heavy atom. The van der Waals surface area contributed by atoms with Crippen LogP contribution in [-0.4, -0.2) is 54.2 Å². The first-order chi connectivity index (χ1) is 13.5. The van der Waals surface area contributed by atoms with Crippen LogP contribution in [0.1, 0.15) is 22.5 Å². The summed E-state index contributed by atoms with van der Waals surface area (Å²) in [5.74, 6) is -0.422. The molecule has 1 aliphatic heterocycles. The highest BCUT2D eigenvalue weighted by Gasteiger charge is 2.30. The number of rotatable bonds is 5. The van der Waals surface area contributed by atoms with Crippen molar-refractivity contribution in [2.45, 2.75) is 12.8 Å². The first-order valence-electron chi connectivity index (χ1n) is 9.08. The number of benzene rings is 1. The third-order valence-corrected chi connectivity index (χ3v) is 6.32. The fourth-order valence-corrected chi connectivity index (χ4v) is 4.32. The van der Waals surface area contributed by atoms with Crippen molar-refractivity contribution in [3.63, 3.8) is 0 Å². The molecule has 1 fully saturated rings. The molecule has 148 valence electrons. The summed E-state index contributed by atoms with van der Waals surface area (Å²) in [5, 5.41) is 4.69. The molecule has 1 saturated heterocycles. The third kappa shape index (κ3) is 4.99. The molecule has 0 saturated carbocycles. The van der Waals surface area contributed by atoms with E-state index in [2.05, 4.69) is 21.2 Å². The zero-order valence-corrected chi connectivity index (χ0v) is 18.0. The van der Waals surface area contributed by atoms with E-state index < -0.39 is 0 Å². The zero-order chi connectivity index (χ0) is 20.1. The summed E-state index contributed by atoms with van der Waals surface area (Å²) in [7, 11) is 1.64. The fraction of sp³-hybridized carbons (Fsp3) is 0.350. The lowest BCUT2D eigenvalue weighted by Crippen LogP contribution is -2.44. The number of hydrogen-bond donors (Lipinski definition) is 1. The fourth-order valence-electron chi connectivity index (χ4n) is 3.24. The number of hydrogen-bond acceptors (Lipinski definition) is 4. The molecule has 2 aromatic rings. The van der Waals surface area contributed by atoms with Gasteiger partial charge in [0.05, 0.1) is 17.1 Å². The number of likely N-dealkylation sites (tertiary alicyclic amines) is 1. The summed E-state index contributed by atoms with van der Waals surface area (Å²) in [6.45, 7) is 1.11. The lowest BCUT2D eigenvalue weighted by atomic mass is 9.95. The quantitative estimate of drug-likeness (QED) is 0.737. The molecule has 0 atom stereocenters. The first-order valence-corrected chi connectivity index (χ1v) is 10.7. The average Bonchev–Trinajstić information content (AvgIpc) is 3.23. The molecule has 0 bridgehead atoms. The predicted molar refractivity (Wildman–Crippen MR) is 113 cm³/mol. The highest BCUT2D eigenvalue weighted by molar-refractivity contribution is 9.10. The van der Waals surface area contributed by atoms with Crippen molar-refractivity contribution in [2.24, 2.45) is 5.92 Å². The number of amides is 3. The Morgan fingerprint density at radius 1 is 1.18 bits per heavy atom. The number of carbonyl (C=O) groups is 3. The molecule has 6 nitrogen and oxygen atoms in total. The second-order valence-corrected chi connectivity index (χ2v) is 8.57. The monoisotopic (exact) mass is 463 g/mol. The van der Waals surface area contributed by atoms with Gasteiger partial charge in [-0.3, -0.25) is 14.4 Å². The van der Waals surface area contributed by atoms with Crippen LogP contribution in [0.3, 0.4) is 0 Å². The van der Waals surface area contributed by atoms with Gasteiger partial charge in [0.25, 0.3) is 5.91 Å².